The maximum atomic E-state index is 5.00. The Bertz CT molecular complexity index is 2640. The Labute approximate surface area is 303 Å². The van der Waals surface area contributed by atoms with Gasteiger partial charge in [-0.2, -0.15) is 0 Å². The van der Waals surface area contributed by atoms with Crippen molar-refractivity contribution in [3.05, 3.63) is 181 Å². The first kappa shape index (κ1) is 30.2. The SMILES string of the molecule is CC1(C)c2cc(-c3cccc(-c4nc(-c5ccccc5)nc(-c5ccccc5)n4)c3)ccc2-c2cc3cccc4c3c(c21)N(c1ccccc1)C=C4. The van der Waals surface area contributed by atoms with Crippen LogP contribution in [0.15, 0.2) is 164 Å². The molecule has 2 heterocycles. The molecule has 8 aromatic rings. The highest BCUT2D eigenvalue weighted by Gasteiger charge is 2.40. The van der Waals surface area contributed by atoms with Crippen molar-refractivity contribution in [3.8, 4) is 56.4 Å². The first-order valence-corrected chi connectivity index (χ1v) is 17.8. The minimum atomic E-state index is -0.240. The number of fused-ring (bicyclic) bond motifs is 4. The van der Waals surface area contributed by atoms with E-state index in [4.69, 9.17) is 15.0 Å². The molecule has 246 valence electrons. The van der Waals surface area contributed by atoms with E-state index in [-0.39, 0.29) is 5.41 Å². The van der Waals surface area contributed by atoms with Crippen LogP contribution in [-0.2, 0) is 5.41 Å². The lowest BCUT2D eigenvalue weighted by Crippen LogP contribution is -2.22. The van der Waals surface area contributed by atoms with Crippen molar-refractivity contribution < 1.29 is 0 Å². The number of para-hydroxylation sites is 1. The van der Waals surface area contributed by atoms with Gasteiger partial charge >= 0.3 is 0 Å². The first-order chi connectivity index (χ1) is 25.5. The molecule has 0 saturated carbocycles. The van der Waals surface area contributed by atoms with Crippen molar-refractivity contribution in [2.75, 3.05) is 4.90 Å². The van der Waals surface area contributed by atoms with E-state index < -0.39 is 0 Å². The zero-order valence-electron chi connectivity index (χ0n) is 29.0. The van der Waals surface area contributed by atoms with Gasteiger partial charge in [-0.3, -0.25) is 0 Å². The highest BCUT2D eigenvalue weighted by Crippen LogP contribution is 2.57. The number of nitrogens with zero attached hydrogens (tertiary/aromatic N) is 4. The Morgan fingerprint density at radius 3 is 1.75 bits per heavy atom. The fraction of sp³-hybridized carbons (Fsp3) is 0.0625. The lowest BCUT2D eigenvalue weighted by molar-refractivity contribution is 0.661. The minimum absolute atomic E-state index is 0.240. The standard InChI is InChI=1S/C48H34N4/c1-48(2)41-30-35(24-25-39(41)40-29-36-20-12-18-31-26-27-52(38-22-10-5-11-23-38)44(42(31)36)43(40)48)34-19-13-21-37(28-34)47-50-45(32-14-6-3-7-15-32)49-46(51-47)33-16-8-4-9-17-33/h3-30H,1-2H3. The predicted molar refractivity (Wildman–Crippen MR) is 214 cm³/mol. The molecule has 2 aliphatic rings. The fourth-order valence-electron chi connectivity index (χ4n) is 8.11. The lowest BCUT2D eigenvalue weighted by Gasteiger charge is -2.33. The van der Waals surface area contributed by atoms with Crippen LogP contribution in [0, 0.1) is 0 Å². The molecule has 0 N–H and O–H groups in total. The van der Waals surface area contributed by atoms with Gasteiger partial charge in [0.05, 0.1) is 5.69 Å². The van der Waals surface area contributed by atoms with E-state index in [1.807, 2.05) is 60.7 Å². The second kappa shape index (κ2) is 11.7. The molecule has 4 nitrogen and oxygen atoms in total. The molecule has 0 spiro atoms. The molecule has 7 aromatic carbocycles. The van der Waals surface area contributed by atoms with Gasteiger partial charge in [0.15, 0.2) is 17.5 Å². The Morgan fingerprint density at radius 1 is 0.481 bits per heavy atom. The zero-order chi connectivity index (χ0) is 34.8. The van der Waals surface area contributed by atoms with Crippen LogP contribution < -0.4 is 4.90 Å². The predicted octanol–water partition coefficient (Wildman–Crippen LogP) is 12.1. The highest BCUT2D eigenvalue weighted by atomic mass is 15.1. The summed E-state index contributed by atoms with van der Waals surface area (Å²) in [6, 6.07) is 55.6. The lowest BCUT2D eigenvalue weighted by atomic mass is 9.79. The van der Waals surface area contributed by atoms with Crippen molar-refractivity contribution in [1.82, 2.24) is 15.0 Å². The van der Waals surface area contributed by atoms with Crippen LogP contribution in [0.4, 0.5) is 11.4 Å². The van der Waals surface area contributed by atoms with Crippen LogP contribution in [0.1, 0.15) is 30.5 Å². The minimum Gasteiger partial charge on any atom is -0.316 e. The topological polar surface area (TPSA) is 41.9 Å². The van der Waals surface area contributed by atoms with Crippen LogP contribution in [0.5, 0.6) is 0 Å². The molecule has 0 fully saturated rings. The Hall–Kier alpha value is -6.65. The monoisotopic (exact) mass is 666 g/mol. The second-order valence-corrected chi connectivity index (χ2v) is 14.1. The number of hydrogen-bond donors (Lipinski definition) is 0. The molecule has 0 amide bonds. The van der Waals surface area contributed by atoms with E-state index in [9.17, 15) is 0 Å². The van der Waals surface area contributed by atoms with E-state index in [1.54, 1.807) is 0 Å². The molecule has 0 atom stereocenters. The summed E-state index contributed by atoms with van der Waals surface area (Å²) in [5.74, 6) is 1.97. The average molecular weight is 667 g/mol. The van der Waals surface area contributed by atoms with Crippen molar-refractivity contribution >= 4 is 28.2 Å². The number of aromatic nitrogens is 3. The summed E-state index contributed by atoms with van der Waals surface area (Å²) < 4.78 is 0. The van der Waals surface area contributed by atoms with Gasteiger partial charge in [0, 0.05) is 39.4 Å². The van der Waals surface area contributed by atoms with Crippen LogP contribution in [0.3, 0.4) is 0 Å². The molecular weight excluding hydrogens is 633 g/mol. The third-order valence-corrected chi connectivity index (χ3v) is 10.6. The molecular formula is C48H34N4. The molecule has 0 radical (unpaired) electrons. The summed E-state index contributed by atoms with van der Waals surface area (Å²) in [5, 5.41) is 2.57. The Balaban J connectivity index is 1.10. The summed E-state index contributed by atoms with van der Waals surface area (Å²) in [6.07, 6.45) is 4.48. The number of rotatable bonds is 5. The third kappa shape index (κ3) is 4.79. The molecule has 1 aliphatic carbocycles. The van der Waals surface area contributed by atoms with E-state index >= 15 is 0 Å². The van der Waals surface area contributed by atoms with Gasteiger partial charge in [-0.25, -0.2) is 15.0 Å². The Kier molecular flexibility index (Phi) is 6.80. The van der Waals surface area contributed by atoms with Crippen LogP contribution in [0.2, 0.25) is 0 Å². The smallest absolute Gasteiger partial charge is 0.164 e. The van der Waals surface area contributed by atoms with Crippen LogP contribution in [-0.4, -0.2) is 15.0 Å². The van der Waals surface area contributed by atoms with Gasteiger partial charge < -0.3 is 4.90 Å². The maximum absolute atomic E-state index is 5.00. The summed E-state index contributed by atoms with van der Waals surface area (Å²) in [5.41, 5.74) is 13.9. The van der Waals surface area contributed by atoms with Gasteiger partial charge in [-0.1, -0.05) is 141 Å². The summed E-state index contributed by atoms with van der Waals surface area (Å²) in [4.78, 5) is 17.3. The molecule has 0 unspecified atom stereocenters. The molecule has 1 aromatic heterocycles. The van der Waals surface area contributed by atoms with Gasteiger partial charge in [0.1, 0.15) is 0 Å². The highest BCUT2D eigenvalue weighted by molar-refractivity contribution is 6.11. The quantitative estimate of drug-likeness (QED) is 0.183. The average Bonchev–Trinajstić information content (AvgIpc) is 3.44. The van der Waals surface area contributed by atoms with E-state index in [0.717, 1.165) is 27.9 Å². The van der Waals surface area contributed by atoms with Crippen LogP contribution >= 0.6 is 0 Å². The van der Waals surface area contributed by atoms with E-state index in [0.29, 0.717) is 17.5 Å². The fourth-order valence-corrected chi connectivity index (χ4v) is 8.11. The zero-order valence-corrected chi connectivity index (χ0v) is 29.0. The molecule has 4 heteroatoms. The van der Waals surface area contributed by atoms with Crippen molar-refractivity contribution in [1.29, 1.82) is 0 Å². The normalized spacial score (nSPS) is 13.6. The van der Waals surface area contributed by atoms with Gasteiger partial charge in [-0.05, 0) is 80.7 Å². The molecule has 0 bridgehead atoms. The molecule has 52 heavy (non-hydrogen) atoms. The molecule has 0 saturated heterocycles. The Morgan fingerprint density at radius 2 is 1.06 bits per heavy atom. The van der Waals surface area contributed by atoms with E-state index in [2.05, 4.69) is 128 Å². The summed E-state index contributed by atoms with van der Waals surface area (Å²) >= 11 is 0. The maximum Gasteiger partial charge on any atom is 0.164 e. The van der Waals surface area contributed by atoms with E-state index in [1.165, 1.54) is 49.8 Å². The largest absolute Gasteiger partial charge is 0.316 e. The van der Waals surface area contributed by atoms with Gasteiger partial charge in [0.2, 0.25) is 0 Å². The summed E-state index contributed by atoms with van der Waals surface area (Å²) in [7, 11) is 0. The molecule has 10 rings (SSSR count). The van der Waals surface area contributed by atoms with Gasteiger partial charge in [0.25, 0.3) is 0 Å². The number of benzene rings is 7. The van der Waals surface area contributed by atoms with Crippen molar-refractivity contribution in [2.45, 2.75) is 19.3 Å². The third-order valence-electron chi connectivity index (χ3n) is 10.6. The summed E-state index contributed by atoms with van der Waals surface area (Å²) in [6.45, 7) is 4.76. The number of hydrogen-bond acceptors (Lipinski definition) is 4. The van der Waals surface area contributed by atoms with Crippen molar-refractivity contribution in [3.63, 3.8) is 0 Å². The first-order valence-electron chi connectivity index (χ1n) is 17.8. The van der Waals surface area contributed by atoms with Crippen LogP contribution in [0.25, 0.3) is 73.3 Å². The second-order valence-electron chi connectivity index (χ2n) is 14.1. The number of anilines is 2. The molecule has 1 aliphatic heterocycles. The van der Waals surface area contributed by atoms with Gasteiger partial charge in [-0.15, -0.1) is 0 Å². The van der Waals surface area contributed by atoms with Crippen molar-refractivity contribution in [2.24, 2.45) is 0 Å².